The van der Waals surface area contributed by atoms with Crippen LogP contribution >= 0.6 is 0 Å². The number of carbonyl (C=O) groups excluding carboxylic acids is 1. The fourth-order valence-electron chi connectivity index (χ4n) is 4.37. The first-order chi connectivity index (χ1) is 18.5. The Hall–Kier alpha value is -3.71. The number of nitrogens with two attached hydrogens (primary N) is 1. The Labute approximate surface area is 223 Å². The van der Waals surface area contributed by atoms with Crippen LogP contribution in [0.4, 0.5) is 30.7 Å². The van der Waals surface area contributed by atoms with Gasteiger partial charge in [0, 0.05) is 23.1 Å². The number of Topliss-reactive ketones (excluding diaryl/α,β-unsaturated/α-hetero) is 1. The van der Waals surface area contributed by atoms with Crippen molar-refractivity contribution in [3.05, 3.63) is 76.7 Å². The lowest BCUT2D eigenvalue weighted by Gasteiger charge is -2.32. The molecule has 6 nitrogen and oxygen atoms in total. The molecule has 3 N–H and O–H groups in total. The number of halogens is 7. The van der Waals surface area contributed by atoms with Gasteiger partial charge in [-0.05, 0) is 55.3 Å². The minimum Gasteiger partial charge on any atom is -0.496 e. The number of methoxy groups -OCH3 is 1. The van der Waals surface area contributed by atoms with Crippen LogP contribution in [0.1, 0.15) is 40.0 Å². The summed E-state index contributed by atoms with van der Waals surface area (Å²) in [6, 6.07) is 8.63. The maximum absolute atomic E-state index is 14.4. The van der Waals surface area contributed by atoms with Crippen molar-refractivity contribution >= 4 is 5.78 Å². The van der Waals surface area contributed by atoms with Gasteiger partial charge in [0.2, 0.25) is 5.60 Å². The van der Waals surface area contributed by atoms with Gasteiger partial charge in [-0.25, -0.2) is 9.37 Å². The second kappa shape index (κ2) is 10.0. The van der Waals surface area contributed by atoms with Crippen molar-refractivity contribution < 1.29 is 50.1 Å². The van der Waals surface area contributed by atoms with Gasteiger partial charge in [0.15, 0.2) is 17.1 Å². The zero-order valence-electron chi connectivity index (χ0n) is 21.1. The Balaban J connectivity index is 1.84. The molecule has 2 aromatic carbocycles. The van der Waals surface area contributed by atoms with Gasteiger partial charge in [-0.15, -0.1) is 0 Å². The van der Waals surface area contributed by atoms with Crippen LogP contribution in [0.15, 0.2) is 48.5 Å². The first-order valence-electron chi connectivity index (χ1n) is 11.8. The summed E-state index contributed by atoms with van der Waals surface area (Å²) in [4.78, 5) is 16.6. The second-order valence-corrected chi connectivity index (χ2v) is 9.46. The highest BCUT2D eigenvalue weighted by Gasteiger charge is 2.61. The highest BCUT2D eigenvalue weighted by Crippen LogP contribution is 2.51. The summed E-state index contributed by atoms with van der Waals surface area (Å²) in [5, 5.41) is 11.0. The molecule has 13 heteroatoms. The fourth-order valence-corrected chi connectivity index (χ4v) is 4.37. The van der Waals surface area contributed by atoms with E-state index in [-0.39, 0.29) is 11.1 Å². The molecule has 1 aliphatic heterocycles. The van der Waals surface area contributed by atoms with E-state index in [4.69, 9.17) is 15.2 Å². The Morgan fingerprint density at radius 2 is 1.75 bits per heavy atom. The molecule has 1 aliphatic rings. The summed E-state index contributed by atoms with van der Waals surface area (Å²) >= 11 is 0. The number of alkyl halides is 6. The number of aliphatic hydroxyl groups is 1. The van der Waals surface area contributed by atoms with E-state index in [0.717, 1.165) is 24.3 Å². The standard InChI is InChI=1S/C27H23F7N2O4/c1-14-3-4-16(11-20(14)39-2)19(37)9-10-25(38,27(32,33)34)21-12-18-23(40-13-24(18,35)26(29,30)31)22(36-21)15-5-7-17(28)8-6-15/h3-8,11-12,38H,9-10,13,35H2,1-2H3/t24-,25-/m0/s1. The van der Waals surface area contributed by atoms with Crippen molar-refractivity contribution in [2.24, 2.45) is 5.73 Å². The van der Waals surface area contributed by atoms with E-state index in [2.05, 4.69) is 4.98 Å². The number of nitrogens with zero attached hydrogens (tertiary/aromatic N) is 1. The van der Waals surface area contributed by atoms with E-state index in [1.807, 2.05) is 0 Å². The minimum absolute atomic E-state index is 0.00679. The largest absolute Gasteiger partial charge is 0.496 e. The first kappa shape index (κ1) is 29.3. The van der Waals surface area contributed by atoms with Gasteiger partial charge in [0.1, 0.15) is 23.9 Å². The number of ether oxygens (including phenoxy) is 2. The molecule has 0 bridgehead atoms. The molecule has 0 unspecified atom stereocenters. The van der Waals surface area contributed by atoms with Gasteiger partial charge >= 0.3 is 12.4 Å². The van der Waals surface area contributed by atoms with Gasteiger partial charge in [-0.1, -0.05) is 12.1 Å². The van der Waals surface area contributed by atoms with Crippen LogP contribution in [-0.2, 0) is 11.1 Å². The van der Waals surface area contributed by atoms with Crippen LogP contribution < -0.4 is 15.2 Å². The van der Waals surface area contributed by atoms with Gasteiger partial charge in [-0.3, -0.25) is 4.79 Å². The third-order valence-electron chi connectivity index (χ3n) is 6.86. The van der Waals surface area contributed by atoms with Crippen molar-refractivity contribution in [3.63, 3.8) is 0 Å². The molecular formula is C27H23F7N2O4. The number of hydrogen-bond acceptors (Lipinski definition) is 6. The molecule has 2 atom stereocenters. The smallest absolute Gasteiger partial charge is 0.422 e. The molecule has 0 radical (unpaired) electrons. The molecule has 0 amide bonds. The van der Waals surface area contributed by atoms with Crippen molar-refractivity contribution in [1.29, 1.82) is 0 Å². The summed E-state index contributed by atoms with van der Waals surface area (Å²) in [6.45, 7) is 0.527. The molecule has 3 aromatic rings. The Bertz CT molecular complexity index is 1440. The average Bonchev–Trinajstić information content (AvgIpc) is 3.24. The van der Waals surface area contributed by atoms with E-state index in [1.54, 1.807) is 6.92 Å². The average molecular weight is 572 g/mol. The lowest BCUT2D eigenvalue weighted by molar-refractivity contribution is -0.270. The van der Waals surface area contributed by atoms with Gasteiger partial charge < -0.3 is 20.3 Å². The number of hydrogen-bond donors (Lipinski definition) is 2. The molecule has 2 heterocycles. The van der Waals surface area contributed by atoms with Crippen molar-refractivity contribution in [2.75, 3.05) is 13.7 Å². The van der Waals surface area contributed by atoms with Crippen LogP contribution in [-0.4, -0.2) is 41.9 Å². The van der Waals surface area contributed by atoms with Crippen LogP contribution in [0.2, 0.25) is 0 Å². The summed E-state index contributed by atoms with van der Waals surface area (Å²) < 4.78 is 109. The molecule has 0 saturated heterocycles. The Morgan fingerprint density at radius 3 is 2.33 bits per heavy atom. The second-order valence-electron chi connectivity index (χ2n) is 9.46. The summed E-state index contributed by atoms with van der Waals surface area (Å²) in [6.07, 6.45) is -12.8. The molecule has 214 valence electrons. The van der Waals surface area contributed by atoms with Crippen LogP contribution in [0.5, 0.6) is 11.5 Å². The Kier molecular flexibility index (Phi) is 7.35. The normalized spacial score (nSPS) is 18.6. The summed E-state index contributed by atoms with van der Waals surface area (Å²) in [7, 11) is 1.35. The SMILES string of the molecule is COc1cc(C(=O)CC[C@](O)(c2cc3c(c(-c4ccc(F)cc4)n2)OC[C@@]3(N)C(F)(F)F)C(F)(F)F)ccc1C. The van der Waals surface area contributed by atoms with Crippen LogP contribution in [0.3, 0.4) is 0 Å². The highest BCUT2D eigenvalue weighted by molar-refractivity contribution is 5.96. The van der Waals surface area contributed by atoms with Gasteiger partial charge in [-0.2, -0.15) is 26.3 Å². The monoisotopic (exact) mass is 572 g/mol. The van der Waals surface area contributed by atoms with Crippen molar-refractivity contribution in [3.8, 4) is 22.8 Å². The molecule has 40 heavy (non-hydrogen) atoms. The number of ketones is 1. The topological polar surface area (TPSA) is 94.7 Å². The van der Waals surface area contributed by atoms with Gasteiger partial charge in [0.05, 0.1) is 12.8 Å². The first-order valence-corrected chi connectivity index (χ1v) is 11.8. The number of carbonyl (C=O) groups is 1. The van der Waals surface area contributed by atoms with Crippen LogP contribution in [0, 0.1) is 12.7 Å². The molecular weight excluding hydrogens is 549 g/mol. The predicted octanol–water partition coefficient (Wildman–Crippen LogP) is 5.73. The molecule has 0 aliphatic carbocycles. The maximum atomic E-state index is 14.4. The maximum Gasteiger partial charge on any atom is 0.422 e. The summed E-state index contributed by atoms with van der Waals surface area (Å²) in [5.41, 5.74) is -3.52. The molecule has 1 aromatic heterocycles. The van der Waals surface area contributed by atoms with E-state index < -0.39 is 77.2 Å². The lowest BCUT2D eigenvalue weighted by atomic mass is 9.85. The van der Waals surface area contributed by atoms with E-state index >= 15 is 0 Å². The molecule has 0 fully saturated rings. The third-order valence-corrected chi connectivity index (χ3v) is 6.86. The number of aromatic nitrogens is 1. The minimum atomic E-state index is -5.48. The van der Waals surface area contributed by atoms with Crippen molar-refractivity contribution in [2.45, 2.75) is 43.3 Å². The number of pyridine rings is 1. The predicted molar refractivity (Wildman–Crippen MR) is 128 cm³/mol. The summed E-state index contributed by atoms with van der Waals surface area (Å²) in [5.74, 6) is -1.75. The molecule has 4 rings (SSSR count). The quantitative estimate of drug-likeness (QED) is 0.278. The van der Waals surface area contributed by atoms with Gasteiger partial charge in [0.25, 0.3) is 0 Å². The Morgan fingerprint density at radius 1 is 1.10 bits per heavy atom. The van der Waals surface area contributed by atoms with Crippen molar-refractivity contribution in [1.82, 2.24) is 4.98 Å². The molecule has 0 saturated carbocycles. The molecule has 0 spiro atoms. The number of fused-ring (bicyclic) bond motifs is 1. The number of rotatable bonds is 7. The third kappa shape index (κ3) is 4.99. The van der Waals surface area contributed by atoms with E-state index in [9.17, 15) is 40.6 Å². The van der Waals surface area contributed by atoms with Crippen LogP contribution in [0.25, 0.3) is 11.3 Å². The van der Waals surface area contributed by atoms with E-state index in [1.165, 1.54) is 25.3 Å². The lowest BCUT2D eigenvalue weighted by Crippen LogP contribution is -2.52. The van der Waals surface area contributed by atoms with E-state index in [0.29, 0.717) is 17.4 Å². The number of aryl methyl sites for hydroxylation is 1. The highest BCUT2D eigenvalue weighted by atomic mass is 19.4. The zero-order chi connectivity index (χ0) is 29.7. The number of benzene rings is 2. The fraction of sp³-hybridized carbons (Fsp3) is 0.333. The zero-order valence-corrected chi connectivity index (χ0v) is 21.1.